The van der Waals surface area contributed by atoms with Crippen LogP contribution in [0.4, 0.5) is 0 Å². The molecule has 1 aromatic heterocycles. The second-order valence-electron chi connectivity index (χ2n) is 5.07. The lowest BCUT2D eigenvalue weighted by Gasteiger charge is -2.15. The molecule has 0 radical (unpaired) electrons. The molecule has 0 aliphatic rings. The predicted molar refractivity (Wildman–Crippen MR) is 79.0 cm³/mol. The number of hydrogen-bond donors (Lipinski definition) is 1. The summed E-state index contributed by atoms with van der Waals surface area (Å²) in [4.78, 5) is 0. The van der Waals surface area contributed by atoms with E-state index < -0.39 is 0 Å². The van der Waals surface area contributed by atoms with Crippen LogP contribution < -0.4 is 5.32 Å². The lowest BCUT2D eigenvalue weighted by molar-refractivity contribution is 0.570. The van der Waals surface area contributed by atoms with E-state index in [0.29, 0.717) is 6.04 Å². The zero-order chi connectivity index (χ0) is 13.8. The maximum atomic E-state index is 4.40. The number of rotatable bonds is 5. The third-order valence-corrected chi connectivity index (χ3v) is 3.62. The molecule has 0 amide bonds. The van der Waals surface area contributed by atoms with E-state index in [4.69, 9.17) is 0 Å². The highest BCUT2D eigenvalue weighted by Gasteiger charge is 2.11. The summed E-state index contributed by atoms with van der Waals surface area (Å²) in [5, 5.41) is 7.99. The van der Waals surface area contributed by atoms with Crippen LogP contribution in [0.1, 0.15) is 42.3 Å². The van der Waals surface area contributed by atoms with Crippen LogP contribution in [0.3, 0.4) is 0 Å². The van der Waals surface area contributed by atoms with E-state index >= 15 is 0 Å². The van der Waals surface area contributed by atoms with E-state index in [-0.39, 0.29) is 0 Å². The van der Waals surface area contributed by atoms with E-state index in [0.717, 1.165) is 18.7 Å². The molecular formula is C16H23N3. The van der Waals surface area contributed by atoms with E-state index in [1.165, 1.54) is 16.7 Å². The molecule has 1 unspecified atom stereocenters. The molecule has 2 aromatic rings. The molecule has 102 valence electrons. The second-order valence-corrected chi connectivity index (χ2v) is 5.07. The fourth-order valence-corrected chi connectivity index (χ4v) is 2.49. The lowest BCUT2D eigenvalue weighted by atomic mass is 10.0. The Labute approximate surface area is 115 Å². The van der Waals surface area contributed by atoms with Gasteiger partial charge in [0, 0.05) is 31.4 Å². The first-order valence-corrected chi connectivity index (χ1v) is 6.92. The normalized spacial score (nSPS) is 12.6. The van der Waals surface area contributed by atoms with Gasteiger partial charge in [-0.15, -0.1) is 0 Å². The van der Waals surface area contributed by atoms with Crippen molar-refractivity contribution >= 4 is 0 Å². The quantitative estimate of drug-likeness (QED) is 0.891. The van der Waals surface area contributed by atoms with Gasteiger partial charge < -0.3 is 5.32 Å². The largest absolute Gasteiger partial charge is 0.306 e. The smallest absolute Gasteiger partial charge is 0.0641 e. The van der Waals surface area contributed by atoms with Gasteiger partial charge in [0.1, 0.15) is 0 Å². The number of aromatic nitrogens is 2. The van der Waals surface area contributed by atoms with Gasteiger partial charge in [-0.2, -0.15) is 5.10 Å². The highest BCUT2D eigenvalue weighted by atomic mass is 15.3. The molecule has 0 fully saturated rings. The molecule has 0 aliphatic heterocycles. The first-order chi connectivity index (χ1) is 9.11. The highest BCUT2D eigenvalue weighted by molar-refractivity contribution is 5.27. The van der Waals surface area contributed by atoms with Gasteiger partial charge in [0.15, 0.2) is 0 Å². The number of aryl methyl sites for hydroxylation is 3. The second kappa shape index (κ2) is 6.02. The Morgan fingerprint density at radius 3 is 2.53 bits per heavy atom. The van der Waals surface area contributed by atoms with Crippen molar-refractivity contribution in [2.75, 3.05) is 0 Å². The van der Waals surface area contributed by atoms with Crippen molar-refractivity contribution in [1.29, 1.82) is 0 Å². The van der Waals surface area contributed by atoms with Crippen LogP contribution in [0.5, 0.6) is 0 Å². The third kappa shape index (κ3) is 3.24. The van der Waals surface area contributed by atoms with Gasteiger partial charge in [-0.1, -0.05) is 31.2 Å². The van der Waals surface area contributed by atoms with Gasteiger partial charge in [-0.25, -0.2) is 0 Å². The van der Waals surface area contributed by atoms with Crippen molar-refractivity contribution in [1.82, 2.24) is 15.1 Å². The molecule has 1 N–H and O–H groups in total. The third-order valence-electron chi connectivity index (χ3n) is 3.62. The van der Waals surface area contributed by atoms with Crippen molar-refractivity contribution in [3.63, 3.8) is 0 Å². The summed E-state index contributed by atoms with van der Waals surface area (Å²) in [6.45, 7) is 7.36. The number of nitrogens with zero attached hydrogens (tertiary/aromatic N) is 2. The van der Waals surface area contributed by atoms with Crippen molar-refractivity contribution in [3.05, 3.63) is 52.8 Å². The summed E-state index contributed by atoms with van der Waals surface area (Å²) < 4.78 is 1.88. The average molecular weight is 257 g/mol. The van der Waals surface area contributed by atoms with Crippen LogP contribution in [0.25, 0.3) is 0 Å². The maximum Gasteiger partial charge on any atom is 0.0641 e. The van der Waals surface area contributed by atoms with Gasteiger partial charge in [0.2, 0.25) is 0 Å². The lowest BCUT2D eigenvalue weighted by Crippen LogP contribution is -2.19. The molecule has 0 bridgehead atoms. The molecule has 0 saturated carbocycles. The molecule has 0 spiro atoms. The van der Waals surface area contributed by atoms with Crippen LogP contribution in [0, 0.1) is 6.92 Å². The molecule has 2 rings (SSSR count). The topological polar surface area (TPSA) is 29.9 Å². The molecule has 1 heterocycles. The van der Waals surface area contributed by atoms with E-state index in [1.54, 1.807) is 0 Å². The zero-order valence-electron chi connectivity index (χ0n) is 12.3. The molecule has 1 aromatic carbocycles. The standard InChI is InChI=1S/C16H23N3/c1-5-14-8-6-7-9-15(14)10-17-12(2)16-11-19(4)18-13(16)3/h6-9,11-12,17H,5,10H2,1-4H3. The zero-order valence-corrected chi connectivity index (χ0v) is 12.3. The Hall–Kier alpha value is -1.61. The van der Waals surface area contributed by atoms with Gasteiger partial charge in [0.05, 0.1) is 5.69 Å². The summed E-state index contributed by atoms with van der Waals surface area (Å²) in [6.07, 6.45) is 3.18. The van der Waals surface area contributed by atoms with Gasteiger partial charge in [-0.05, 0) is 31.4 Å². The number of benzene rings is 1. The maximum absolute atomic E-state index is 4.40. The first kappa shape index (κ1) is 13.8. The van der Waals surface area contributed by atoms with Gasteiger partial charge >= 0.3 is 0 Å². The van der Waals surface area contributed by atoms with Crippen LogP contribution in [-0.2, 0) is 20.0 Å². The first-order valence-electron chi connectivity index (χ1n) is 6.92. The van der Waals surface area contributed by atoms with Crippen molar-refractivity contribution < 1.29 is 0 Å². The SMILES string of the molecule is CCc1ccccc1CNC(C)c1cn(C)nc1C. The summed E-state index contributed by atoms with van der Waals surface area (Å²) >= 11 is 0. The monoisotopic (exact) mass is 257 g/mol. The summed E-state index contributed by atoms with van der Waals surface area (Å²) in [6, 6.07) is 8.94. The minimum Gasteiger partial charge on any atom is -0.306 e. The Bertz CT molecular complexity index is 543. The molecule has 0 aliphatic carbocycles. The molecular weight excluding hydrogens is 234 g/mol. The predicted octanol–water partition coefficient (Wildman–Crippen LogP) is 3.14. The Balaban J connectivity index is 2.04. The van der Waals surface area contributed by atoms with Crippen molar-refractivity contribution in [2.45, 2.75) is 39.8 Å². The van der Waals surface area contributed by atoms with Crippen LogP contribution in [0.15, 0.2) is 30.5 Å². The van der Waals surface area contributed by atoms with E-state index in [2.05, 4.69) is 61.6 Å². The number of nitrogens with one attached hydrogen (secondary N) is 1. The van der Waals surface area contributed by atoms with Crippen LogP contribution in [0.2, 0.25) is 0 Å². The van der Waals surface area contributed by atoms with E-state index in [1.807, 2.05) is 11.7 Å². The molecule has 1 atom stereocenters. The summed E-state index contributed by atoms with van der Waals surface area (Å²) in [5.41, 5.74) is 5.19. The highest BCUT2D eigenvalue weighted by Crippen LogP contribution is 2.17. The van der Waals surface area contributed by atoms with Gasteiger partial charge in [-0.3, -0.25) is 4.68 Å². The fourth-order valence-electron chi connectivity index (χ4n) is 2.49. The average Bonchev–Trinajstić information content (AvgIpc) is 2.75. The van der Waals surface area contributed by atoms with Crippen molar-refractivity contribution in [3.8, 4) is 0 Å². The minimum absolute atomic E-state index is 0.318. The molecule has 3 nitrogen and oxygen atoms in total. The van der Waals surface area contributed by atoms with Crippen molar-refractivity contribution in [2.24, 2.45) is 7.05 Å². The van der Waals surface area contributed by atoms with Crippen LogP contribution >= 0.6 is 0 Å². The van der Waals surface area contributed by atoms with E-state index in [9.17, 15) is 0 Å². The molecule has 19 heavy (non-hydrogen) atoms. The Morgan fingerprint density at radius 2 is 1.95 bits per heavy atom. The van der Waals surface area contributed by atoms with Crippen LogP contribution in [-0.4, -0.2) is 9.78 Å². The van der Waals surface area contributed by atoms with Gasteiger partial charge in [0.25, 0.3) is 0 Å². The Kier molecular flexibility index (Phi) is 4.38. The number of hydrogen-bond acceptors (Lipinski definition) is 2. The summed E-state index contributed by atoms with van der Waals surface area (Å²) in [7, 11) is 1.97. The molecule has 0 saturated heterocycles. The summed E-state index contributed by atoms with van der Waals surface area (Å²) in [5.74, 6) is 0. The molecule has 3 heteroatoms. The minimum atomic E-state index is 0.318. The fraction of sp³-hybridized carbons (Fsp3) is 0.438. The Morgan fingerprint density at radius 1 is 1.26 bits per heavy atom.